The Labute approximate surface area is 166 Å². The van der Waals surface area contributed by atoms with Crippen molar-refractivity contribution in [1.29, 1.82) is 0 Å². The predicted octanol–water partition coefficient (Wildman–Crippen LogP) is 7.04. The van der Waals surface area contributed by atoms with Crippen LogP contribution in [-0.4, -0.2) is 23.0 Å². The van der Waals surface area contributed by atoms with Crippen LogP contribution in [0.15, 0.2) is 54.9 Å². The van der Waals surface area contributed by atoms with Crippen LogP contribution in [0.1, 0.15) is 76.3 Å². The van der Waals surface area contributed by atoms with Crippen molar-refractivity contribution in [2.75, 3.05) is 13.1 Å². The van der Waals surface area contributed by atoms with Gasteiger partial charge in [0, 0.05) is 36.7 Å². The zero-order valence-corrected chi connectivity index (χ0v) is 17.2. The molecule has 0 unspecified atom stereocenters. The Morgan fingerprint density at radius 1 is 0.778 bits per heavy atom. The minimum Gasteiger partial charge on any atom is -0.371 e. The van der Waals surface area contributed by atoms with E-state index in [1.54, 1.807) is 0 Å². The van der Waals surface area contributed by atoms with Gasteiger partial charge in [-0.1, -0.05) is 82.7 Å². The smallest absolute Gasteiger partial charge is 0.0446 e. The van der Waals surface area contributed by atoms with Crippen LogP contribution < -0.4 is 0 Å². The van der Waals surface area contributed by atoms with Gasteiger partial charge in [0.2, 0.25) is 0 Å². The van der Waals surface area contributed by atoms with Crippen LogP contribution in [0.25, 0.3) is 11.8 Å². The molecule has 0 radical (unpaired) electrons. The van der Waals surface area contributed by atoms with Crippen LogP contribution in [0.4, 0.5) is 0 Å². The van der Waals surface area contributed by atoms with Gasteiger partial charge in [0.1, 0.15) is 0 Å². The van der Waals surface area contributed by atoms with Crippen LogP contribution in [0.3, 0.4) is 0 Å². The van der Waals surface area contributed by atoms with Crippen molar-refractivity contribution in [3.63, 3.8) is 0 Å². The van der Waals surface area contributed by atoms with Crippen LogP contribution in [-0.2, 0) is 0 Å². The fourth-order valence-corrected chi connectivity index (χ4v) is 3.40. The average molecular weight is 365 g/mol. The van der Waals surface area contributed by atoms with Gasteiger partial charge in [0.05, 0.1) is 0 Å². The van der Waals surface area contributed by atoms with Gasteiger partial charge in [-0.2, -0.15) is 0 Å². The molecule has 2 rings (SSSR count). The lowest BCUT2D eigenvalue weighted by atomic mass is 10.1. The molecular weight excluding hydrogens is 328 g/mol. The summed E-state index contributed by atoms with van der Waals surface area (Å²) < 4.78 is 0. The second kappa shape index (κ2) is 13.1. The molecule has 0 atom stereocenters. The summed E-state index contributed by atoms with van der Waals surface area (Å²) in [7, 11) is 0. The highest BCUT2D eigenvalue weighted by atomic mass is 15.1. The number of unbranched alkanes of at least 4 members (excludes halogenated alkanes) is 6. The summed E-state index contributed by atoms with van der Waals surface area (Å²) in [5, 5.41) is 0. The van der Waals surface area contributed by atoms with Crippen LogP contribution in [0.5, 0.6) is 0 Å². The van der Waals surface area contributed by atoms with Gasteiger partial charge in [0.15, 0.2) is 0 Å². The number of pyridine rings is 1. The third-order valence-electron chi connectivity index (χ3n) is 4.98. The van der Waals surface area contributed by atoms with Gasteiger partial charge in [-0.25, -0.2) is 0 Å². The first-order valence-corrected chi connectivity index (χ1v) is 10.8. The number of benzene rings is 1. The average Bonchev–Trinajstić information content (AvgIpc) is 2.72. The van der Waals surface area contributed by atoms with Crippen molar-refractivity contribution < 1.29 is 0 Å². The van der Waals surface area contributed by atoms with E-state index in [-0.39, 0.29) is 0 Å². The first kappa shape index (κ1) is 21.2. The van der Waals surface area contributed by atoms with Crippen molar-refractivity contribution in [3.05, 3.63) is 66.0 Å². The maximum Gasteiger partial charge on any atom is 0.0446 e. The number of rotatable bonds is 13. The summed E-state index contributed by atoms with van der Waals surface area (Å²) in [5.74, 6) is 0. The Kier molecular flexibility index (Phi) is 10.3. The molecule has 0 bridgehead atoms. The fourth-order valence-electron chi connectivity index (χ4n) is 3.40. The number of hydrogen-bond donors (Lipinski definition) is 0. The summed E-state index contributed by atoms with van der Waals surface area (Å²) in [4.78, 5) is 6.83. The molecule has 0 aliphatic heterocycles. The zero-order valence-electron chi connectivity index (χ0n) is 17.2. The molecule has 2 heteroatoms. The zero-order chi connectivity index (χ0) is 19.2. The van der Waals surface area contributed by atoms with Gasteiger partial charge >= 0.3 is 0 Å². The second-order valence-corrected chi connectivity index (χ2v) is 7.28. The van der Waals surface area contributed by atoms with E-state index in [1.165, 1.54) is 68.2 Å². The molecule has 2 aromatic rings. The van der Waals surface area contributed by atoms with Gasteiger partial charge in [-0.05, 0) is 36.6 Å². The molecule has 0 aliphatic rings. The Morgan fingerprint density at radius 2 is 1.37 bits per heavy atom. The molecule has 0 N–H and O–H groups in total. The van der Waals surface area contributed by atoms with Crippen molar-refractivity contribution in [2.24, 2.45) is 0 Å². The number of aromatic nitrogens is 1. The maximum absolute atomic E-state index is 4.22. The third-order valence-corrected chi connectivity index (χ3v) is 4.98. The highest BCUT2D eigenvalue weighted by Gasteiger charge is 2.12. The summed E-state index contributed by atoms with van der Waals surface area (Å²) in [6.45, 7) is 6.82. The standard InChI is InChI=1S/C25H36N2/c1-3-5-7-12-20-27(21-13-8-6-4-2)25(24-16-18-26-19-17-24)22-23-14-10-9-11-15-23/h9-11,14-19,22H,3-8,12-13,20-21H2,1-2H3. The second-order valence-electron chi connectivity index (χ2n) is 7.28. The molecule has 146 valence electrons. The van der Waals surface area contributed by atoms with E-state index in [9.17, 15) is 0 Å². The molecule has 27 heavy (non-hydrogen) atoms. The molecule has 0 saturated heterocycles. The largest absolute Gasteiger partial charge is 0.371 e. The monoisotopic (exact) mass is 364 g/mol. The van der Waals surface area contributed by atoms with Crippen molar-refractivity contribution in [2.45, 2.75) is 65.2 Å². The lowest BCUT2D eigenvalue weighted by Gasteiger charge is -2.28. The lowest BCUT2D eigenvalue weighted by Crippen LogP contribution is -2.25. The van der Waals surface area contributed by atoms with Gasteiger partial charge < -0.3 is 4.90 Å². The molecule has 1 aromatic heterocycles. The summed E-state index contributed by atoms with van der Waals surface area (Å²) in [6, 6.07) is 15.0. The van der Waals surface area contributed by atoms with E-state index >= 15 is 0 Å². The Bertz CT molecular complexity index is 622. The molecule has 1 heterocycles. The first-order chi connectivity index (χ1) is 13.3. The Morgan fingerprint density at radius 3 is 1.93 bits per heavy atom. The van der Waals surface area contributed by atoms with E-state index in [0.717, 1.165) is 13.1 Å². The molecule has 0 saturated carbocycles. The summed E-state index contributed by atoms with van der Waals surface area (Å²) in [6.07, 6.45) is 16.5. The molecule has 0 aliphatic carbocycles. The van der Waals surface area contributed by atoms with Crippen LogP contribution >= 0.6 is 0 Å². The first-order valence-electron chi connectivity index (χ1n) is 10.8. The molecule has 0 amide bonds. The summed E-state index contributed by atoms with van der Waals surface area (Å²) >= 11 is 0. The number of nitrogens with zero attached hydrogens (tertiary/aromatic N) is 2. The highest BCUT2D eigenvalue weighted by molar-refractivity contribution is 5.80. The Hall–Kier alpha value is -2.09. The van der Waals surface area contributed by atoms with Gasteiger partial charge in [-0.15, -0.1) is 0 Å². The molecule has 0 spiro atoms. The maximum atomic E-state index is 4.22. The summed E-state index contributed by atoms with van der Waals surface area (Å²) in [5.41, 5.74) is 3.85. The predicted molar refractivity (Wildman–Crippen MR) is 118 cm³/mol. The van der Waals surface area contributed by atoms with E-state index in [4.69, 9.17) is 0 Å². The quantitative estimate of drug-likeness (QED) is 0.354. The van der Waals surface area contributed by atoms with Crippen molar-refractivity contribution in [3.8, 4) is 0 Å². The fraction of sp³-hybridized carbons (Fsp3) is 0.480. The van der Waals surface area contributed by atoms with E-state index in [1.807, 2.05) is 12.4 Å². The van der Waals surface area contributed by atoms with E-state index in [0.29, 0.717) is 0 Å². The molecule has 2 nitrogen and oxygen atoms in total. The van der Waals surface area contributed by atoms with Gasteiger partial charge in [-0.3, -0.25) is 4.98 Å². The molecule has 1 aromatic carbocycles. The third kappa shape index (κ3) is 7.99. The lowest BCUT2D eigenvalue weighted by molar-refractivity contribution is 0.370. The van der Waals surface area contributed by atoms with Gasteiger partial charge in [0.25, 0.3) is 0 Å². The Balaban J connectivity index is 2.22. The SMILES string of the molecule is CCCCCCN(CCCCCC)C(=Cc1ccccc1)c1ccncc1. The van der Waals surface area contributed by atoms with E-state index < -0.39 is 0 Å². The highest BCUT2D eigenvalue weighted by Crippen LogP contribution is 2.24. The van der Waals surface area contributed by atoms with Crippen LogP contribution in [0, 0.1) is 0 Å². The minimum absolute atomic E-state index is 1.13. The van der Waals surface area contributed by atoms with Crippen molar-refractivity contribution in [1.82, 2.24) is 9.88 Å². The van der Waals surface area contributed by atoms with E-state index in [2.05, 4.69) is 72.3 Å². The van der Waals surface area contributed by atoms with Crippen molar-refractivity contribution >= 4 is 11.8 Å². The van der Waals surface area contributed by atoms with Crippen LogP contribution in [0.2, 0.25) is 0 Å². The minimum atomic E-state index is 1.13. The molecular formula is C25H36N2. The number of hydrogen-bond acceptors (Lipinski definition) is 2. The molecule has 0 fully saturated rings. The normalized spacial score (nSPS) is 11.6. The topological polar surface area (TPSA) is 16.1 Å².